The Labute approximate surface area is 109 Å². The van der Waals surface area contributed by atoms with Crippen molar-refractivity contribution in [2.45, 2.75) is 84.0 Å². The maximum atomic E-state index is 3.74. The third kappa shape index (κ3) is 15.3. The smallest absolute Gasteiger partial charge is 0.00886 e. The normalized spacial score (nSPS) is 9.71. The van der Waals surface area contributed by atoms with Gasteiger partial charge in [-0.3, -0.25) is 0 Å². The molecule has 0 aliphatic rings. The van der Waals surface area contributed by atoms with Crippen LogP contribution in [0, 0.1) is 11.8 Å². The lowest BCUT2D eigenvalue weighted by molar-refractivity contribution is 0.585. The van der Waals surface area contributed by atoms with E-state index in [1.165, 1.54) is 64.2 Å². The highest BCUT2D eigenvalue weighted by Crippen LogP contribution is 2.09. The molecule has 0 aromatic heterocycles. The molecule has 0 saturated carbocycles. The molecule has 0 aliphatic heterocycles. The summed E-state index contributed by atoms with van der Waals surface area (Å²) in [5.74, 6) is 6.53. The zero-order valence-electron chi connectivity index (χ0n) is 11.8. The number of hydrogen-bond acceptors (Lipinski definition) is 0. The van der Waals surface area contributed by atoms with Crippen LogP contribution in [-0.2, 0) is 0 Å². The van der Waals surface area contributed by atoms with Gasteiger partial charge in [-0.15, -0.1) is 18.4 Å². The fourth-order valence-corrected chi connectivity index (χ4v) is 1.83. The van der Waals surface area contributed by atoms with Crippen LogP contribution in [0.5, 0.6) is 0 Å². The largest absolute Gasteiger partial charge is 0.103 e. The van der Waals surface area contributed by atoms with Crippen molar-refractivity contribution in [2.75, 3.05) is 0 Å². The molecule has 0 spiro atoms. The molecule has 0 aromatic rings. The zero-order valence-corrected chi connectivity index (χ0v) is 11.8. The summed E-state index contributed by atoms with van der Waals surface area (Å²) in [5.41, 5.74) is 0. The molecule has 0 unspecified atom stereocenters. The monoisotopic (exact) mass is 234 g/mol. The molecule has 0 amide bonds. The van der Waals surface area contributed by atoms with Crippen LogP contribution in [0.3, 0.4) is 0 Å². The summed E-state index contributed by atoms with van der Waals surface area (Å²) in [6.07, 6.45) is 17.5. The average Bonchev–Trinajstić information content (AvgIpc) is 2.35. The summed E-state index contributed by atoms with van der Waals surface area (Å²) in [4.78, 5) is 0. The van der Waals surface area contributed by atoms with Crippen LogP contribution in [0.1, 0.15) is 84.0 Å². The van der Waals surface area contributed by atoms with Crippen LogP contribution in [0.25, 0.3) is 0 Å². The van der Waals surface area contributed by atoms with Crippen LogP contribution < -0.4 is 0 Å². The van der Waals surface area contributed by atoms with Crippen LogP contribution in [-0.4, -0.2) is 0 Å². The van der Waals surface area contributed by atoms with E-state index in [0.717, 1.165) is 12.8 Å². The zero-order chi connectivity index (χ0) is 12.6. The molecule has 0 N–H and O–H groups in total. The molecular formula is C17H30. The van der Waals surface area contributed by atoms with Gasteiger partial charge in [0, 0.05) is 12.8 Å². The maximum absolute atomic E-state index is 3.74. The number of allylic oxidation sites excluding steroid dienone is 1. The highest BCUT2D eigenvalue weighted by atomic mass is 14.0. The summed E-state index contributed by atoms with van der Waals surface area (Å²) in [5, 5.41) is 0. The van der Waals surface area contributed by atoms with Gasteiger partial charge in [-0.1, -0.05) is 51.5 Å². The van der Waals surface area contributed by atoms with Crippen molar-refractivity contribution in [3.63, 3.8) is 0 Å². The Bertz CT molecular complexity index is 204. The Kier molecular flexibility index (Phi) is 14.7. The third-order valence-corrected chi connectivity index (χ3v) is 2.99. The lowest BCUT2D eigenvalue weighted by Gasteiger charge is -1.99. The summed E-state index contributed by atoms with van der Waals surface area (Å²) in [7, 11) is 0. The van der Waals surface area contributed by atoms with Gasteiger partial charge in [-0.05, 0) is 25.7 Å². The number of hydrogen-bond donors (Lipinski definition) is 0. The lowest BCUT2D eigenvalue weighted by atomic mass is 10.1. The van der Waals surface area contributed by atoms with Gasteiger partial charge in [0.1, 0.15) is 0 Å². The molecule has 0 heteroatoms. The SMILES string of the molecule is C=CCCCCCCCCCC#CCCCC. The standard InChI is InChI=1S/C17H30/c1-3-5-7-9-11-13-15-17-16-14-12-10-8-6-4-2/h3H,1,4-9,11,13-17H2,2H3. The molecule has 0 radical (unpaired) electrons. The van der Waals surface area contributed by atoms with Gasteiger partial charge < -0.3 is 0 Å². The first-order chi connectivity index (χ1) is 8.41. The van der Waals surface area contributed by atoms with Gasteiger partial charge in [0.25, 0.3) is 0 Å². The van der Waals surface area contributed by atoms with Gasteiger partial charge in [0.2, 0.25) is 0 Å². The Morgan fingerprint density at radius 2 is 1.29 bits per heavy atom. The summed E-state index contributed by atoms with van der Waals surface area (Å²) in [6, 6.07) is 0. The molecule has 98 valence electrons. The first kappa shape index (κ1) is 16.3. The molecule has 0 aromatic carbocycles. The molecule has 0 aliphatic carbocycles. The van der Waals surface area contributed by atoms with Gasteiger partial charge >= 0.3 is 0 Å². The second-order valence-corrected chi connectivity index (χ2v) is 4.76. The van der Waals surface area contributed by atoms with E-state index < -0.39 is 0 Å². The summed E-state index contributed by atoms with van der Waals surface area (Å²) >= 11 is 0. The predicted molar refractivity (Wildman–Crippen MR) is 79.1 cm³/mol. The van der Waals surface area contributed by atoms with E-state index in [2.05, 4.69) is 25.3 Å². The van der Waals surface area contributed by atoms with Gasteiger partial charge in [-0.25, -0.2) is 0 Å². The van der Waals surface area contributed by atoms with E-state index in [1.807, 2.05) is 6.08 Å². The van der Waals surface area contributed by atoms with E-state index >= 15 is 0 Å². The summed E-state index contributed by atoms with van der Waals surface area (Å²) in [6.45, 7) is 5.96. The Morgan fingerprint density at radius 3 is 1.88 bits per heavy atom. The van der Waals surface area contributed by atoms with Gasteiger partial charge in [0.05, 0.1) is 0 Å². The average molecular weight is 234 g/mol. The Hall–Kier alpha value is -0.700. The Balaban J connectivity index is 3.02. The third-order valence-electron chi connectivity index (χ3n) is 2.99. The number of rotatable bonds is 11. The first-order valence-electron chi connectivity index (χ1n) is 7.48. The predicted octanol–water partition coefficient (Wildman–Crippen LogP) is 5.88. The van der Waals surface area contributed by atoms with Crippen molar-refractivity contribution in [3.8, 4) is 11.8 Å². The second kappa shape index (κ2) is 15.3. The van der Waals surface area contributed by atoms with Crippen molar-refractivity contribution < 1.29 is 0 Å². The van der Waals surface area contributed by atoms with Crippen molar-refractivity contribution in [1.29, 1.82) is 0 Å². The highest BCUT2D eigenvalue weighted by Gasteiger charge is 1.90. The molecule has 17 heavy (non-hydrogen) atoms. The molecular weight excluding hydrogens is 204 g/mol. The van der Waals surface area contributed by atoms with Crippen LogP contribution in [0.15, 0.2) is 12.7 Å². The minimum atomic E-state index is 1.10. The van der Waals surface area contributed by atoms with Crippen molar-refractivity contribution in [3.05, 3.63) is 12.7 Å². The van der Waals surface area contributed by atoms with Crippen molar-refractivity contribution in [2.24, 2.45) is 0 Å². The highest BCUT2D eigenvalue weighted by molar-refractivity contribution is 4.98. The van der Waals surface area contributed by atoms with Gasteiger partial charge in [0.15, 0.2) is 0 Å². The van der Waals surface area contributed by atoms with Crippen molar-refractivity contribution in [1.82, 2.24) is 0 Å². The van der Waals surface area contributed by atoms with E-state index in [9.17, 15) is 0 Å². The molecule has 0 rings (SSSR count). The first-order valence-corrected chi connectivity index (χ1v) is 7.48. The van der Waals surface area contributed by atoms with E-state index in [4.69, 9.17) is 0 Å². The molecule has 0 bridgehead atoms. The second-order valence-electron chi connectivity index (χ2n) is 4.76. The summed E-state index contributed by atoms with van der Waals surface area (Å²) < 4.78 is 0. The minimum Gasteiger partial charge on any atom is -0.103 e. The maximum Gasteiger partial charge on any atom is 0.00886 e. The molecule has 0 saturated heterocycles. The minimum absolute atomic E-state index is 1.10. The van der Waals surface area contributed by atoms with E-state index in [1.54, 1.807) is 0 Å². The topological polar surface area (TPSA) is 0 Å². The fraction of sp³-hybridized carbons (Fsp3) is 0.765. The molecule has 0 nitrogen and oxygen atoms in total. The van der Waals surface area contributed by atoms with Crippen LogP contribution in [0.4, 0.5) is 0 Å². The van der Waals surface area contributed by atoms with E-state index in [-0.39, 0.29) is 0 Å². The van der Waals surface area contributed by atoms with Crippen molar-refractivity contribution >= 4 is 0 Å². The lowest BCUT2D eigenvalue weighted by Crippen LogP contribution is -1.80. The molecule has 0 heterocycles. The fourth-order valence-electron chi connectivity index (χ4n) is 1.83. The van der Waals surface area contributed by atoms with Crippen LogP contribution in [0.2, 0.25) is 0 Å². The van der Waals surface area contributed by atoms with Gasteiger partial charge in [-0.2, -0.15) is 0 Å². The Morgan fingerprint density at radius 1 is 0.765 bits per heavy atom. The van der Waals surface area contributed by atoms with Crippen LogP contribution >= 0.6 is 0 Å². The van der Waals surface area contributed by atoms with E-state index in [0.29, 0.717) is 0 Å². The number of unbranched alkanes of at least 4 members (excludes halogenated alkanes) is 10. The molecule has 0 fully saturated rings. The molecule has 0 atom stereocenters. The quantitative estimate of drug-likeness (QED) is 0.238.